The molecule has 13 heavy (non-hydrogen) atoms. The van der Waals surface area contributed by atoms with Gasteiger partial charge in [0.15, 0.2) is 0 Å². The Morgan fingerprint density at radius 1 is 1.23 bits per heavy atom. The summed E-state index contributed by atoms with van der Waals surface area (Å²) >= 11 is 0. The van der Waals surface area contributed by atoms with Crippen LogP contribution in [0.15, 0.2) is 24.3 Å². The van der Waals surface area contributed by atoms with Gasteiger partial charge >= 0.3 is 0 Å². The fourth-order valence-corrected chi connectivity index (χ4v) is 1.54. The number of hydrogen-bond acceptors (Lipinski definition) is 1. The average Bonchev–Trinajstić information content (AvgIpc) is 2.53. The van der Waals surface area contributed by atoms with Crippen molar-refractivity contribution >= 4 is 11.6 Å². The highest BCUT2D eigenvalue weighted by molar-refractivity contribution is 5.95. The summed E-state index contributed by atoms with van der Waals surface area (Å²) in [4.78, 5) is 13.0. The van der Waals surface area contributed by atoms with Gasteiger partial charge in [-0.15, -0.1) is 0 Å². The summed E-state index contributed by atoms with van der Waals surface area (Å²) in [7, 11) is 0. The molecule has 1 saturated heterocycles. The Hall–Kier alpha value is -1.38. The zero-order chi connectivity index (χ0) is 9.26. The van der Waals surface area contributed by atoms with E-state index in [2.05, 4.69) is 0 Å². The van der Waals surface area contributed by atoms with Crippen molar-refractivity contribution in [3.8, 4) is 0 Å². The molecule has 1 aromatic rings. The maximum absolute atomic E-state index is 12.6. The van der Waals surface area contributed by atoms with Gasteiger partial charge in [-0.05, 0) is 30.7 Å². The molecule has 0 unspecified atom stereocenters. The van der Waals surface area contributed by atoms with Crippen LogP contribution in [0.4, 0.5) is 10.1 Å². The maximum Gasteiger partial charge on any atom is 0.227 e. The van der Waals surface area contributed by atoms with Gasteiger partial charge in [-0.25, -0.2) is 4.39 Å². The maximum atomic E-state index is 12.6. The van der Waals surface area contributed by atoms with Crippen molar-refractivity contribution in [3.05, 3.63) is 30.1 Å². The first-order valence-electron chi connectivity index (χ1n) is 4.33. The van der Waals surface area contributed by atoms with Crippen LogP contribution in [0.1, 0.15) is 12.8 Å². The third kappa shape index (κ3) is 1.54. The Morgan fingerprint density at radius 2 is 1.92 bits per heavy atom. The largest absolute Gasteiger partial charge is 0.312 e. The molecule has 2 nitrogen and oxygen atoms in total. The number of nitrogens with zero attached hydrogens (tertiary/aromatic N) is 1. The molecule has 1 fully saturated rings. The molecule has 0 atom stereocenters. The normalized spacial score (nSPS) is 16.7. The number of halogens is 1. The monoisotopic (exact) mass is 178 g/mol. The fourth-order valence-electron chi connectivity index (χ4n) is 1.54. The molecule has 1 amide bonds. The Balaban J connectivity index is 2.25. The highest BCUT2D eigenvalue weighted by atomic mass is 18.2. The van der Waals surface area contributed by atoms with E-state index < -0.39 is 0 Å². The average molecular weight is 178 g/mol. The Morgan fingerprint density at radius 3 is 2.46 bits per heavy atom. The number of carbonyl (C=O) groups is 1. The molecule has 68 valence electrons. The second kappa shape index (κ2) is 3.17. The molecule has 0 spiro atoms. The summed E-state index contributed by atoms with van der Waals surface area (Å²) < 4.78 is 12.6. The Bertz CT molecular complexity index is 320. The lowest BCUT2D eigenvalue weighted by Crippen LogP contribution is -2.23. The van der Waals surface area contributed by atoms with Crippen molar-refractivity contribution < 1.29 is 9.18 Å². The van der Waals surface area contributed by atoms with E-state index >= 15 is 0 Å². The van der Waals surface area contributed by atoms with Gasteiger partial charge in [-0.1, -0.05) is 0 Å². The smallest absolute Gasteiger partial charge is 0.227 e. The van der Waals surface area contributed by atoms with Crippen LogP contribution in [-0.4, -0.2) is 12.5 Å². The molecule has 1 aliphatic rings. The molecule has 3 heteroatoms. The first-order valence-corrected chi connectivity index (χ1v) is 4.33. The van der Waals surface area contributed by atoms with Crippen LogP contribution >= 0.6 is 0 Å². The van der Waals surface area contributed by atoms with Crippen LogP contribution < -0.4 is 4.90 Å². The molecule has 0 saturated carbocycles. The van der Waals surface area contributed by atoms with Crippen molar-refractivity contribution in [1.82, 2.24) is 0 Å². The van der Waals surface area contributed by atoms with Crippen LogP contribution in [0, 0.1) is 5.82 Å². The van der Waals surface area contributed by atoms with E-state index in [0.717, 1.165) is 18.7 Å². The van der Waals surface area contributed by atoms with E-state index in [1.54, 1.807) is 17.0 Å². The number of benzene rings is 1. The third-order valence-corrected chi connectivity index (χ3v) is 2.21. The highest BCUT2D eigenvalue weighted by Crippen LogP contribution is 2.20. The SMILES string of the molecule is O=C1CCCN1c1ccc([18F])cc1. The summed E-state index contributed by atoms with van der Waals surface area (Å²) in [5, 5.41) is 0. The van der Waals surface area contributed by atoms with E-state index in [1.807, 2.05) is 0 Å². The second-order valence-corrected chi connectivity index (χ2v) is 3.13. The summed E-state index contributed by atoms with van der Waals surface area (Å²) in [5.74, 6) is -0.137. The number of hydrogen-bond donors (Lipinski definition) is 0. The van der Waals surface area contributed by atoms with Gasteiger partial charge in [0.25, 0.3) is 0 Å². The van der Waals surface area contributed by atoms with E-state index in [1.165, 1.54) is 12.1 Å². The minimum atomic E-state index is -0.268. The molecule has 0 N–H and O–H groups in total. The quantitative estimate of drug-likeness (QED) is 0.643. The molecule has 1 heterocycles. The lowest BCUT2D eigenvalue weighted by molar-refractivity contribution is -0.117. The van der Waals surface area contributed by atoms with Gasteiger partial charge in [0, 0.05) is 18.7 Å². The Kier molecular flexibility index (Phi) is 2.00. The molecule has 0 bridgehead atoms. The molecular formula is C10H10FNO. The first kappa shape index (κ1) is 8.23. The number of carbonyl (C=O) groups excluding carboxylic acids is 1. The van der Waals surface area contributed by atoms with Crippen LogP contribution in [-0.2, 0) is 4.79 Å². The van der Waals surface area contributed by atoms with Crippen molar-refractivity contribution in [2.24, 2.45) is 0 Å². The molecule has 0 radical (unpaired) electrons. The van der Waals surface area contributed by atoms with Crippen molar-refractivity contribution in [3.63, 3.8) is 0 Å². The summed E-state index contributed by atoms with van der Waals surface area (Å²) in [6.45, 7) is 0.754. The van der Waals surface area contributed by atoms with E-state index in [-0.39, 0.29) is 11.7 Å². The predicted molar refractivity (Wildman–Crippen MR) is 48.0 cm³/mol. The van der Waals surface area contributed by atoms with Crippen molar-refractivity contribution in [2.75, 3.05) is 11.4 Å². The minimum Gasteiger partial charge on any atom is -0.312 e. The first-order chi connectivity index (χ1) is 6.27. The van der Waals surface area contributed by atoms with Gasteiger partial charge in [-0.2, -0.15) is 0 Å². The predicted octanol–water partition coefficient (Wildman–Crippen LogP) is 1.95. The summed E-state index contributed by atoms with van der Waals surface area (Å²) in [6.07, 6.45) is 1.51. The van der Waals surface area contributed by atoms with Gasteiger partial charge in [0.2, 0.25) is 5.91 Å². The van der Waals surface area contributed by atoms with Gasteiger partial charge < -0.3 is 4.90 Å². The third-order valence-electron chi connectivity index (χ3n) is 2.21. The van der Waals surface area contributed by atoms with E-state index in [9.17, 15) is 9.18 Å². The lowest BCUT2D eigenvalue weighted by Gasteiger charge is -2.14. The topological polar surface area (TPSA) is 20.3 Å². The number of anilines is 1. The van der Waals surface area contributed by atoms with Crippen LogP contribution in [0.2, 0.25) is 0 Å². The fraction of sp³-hybridized carbons (Fsp3) is 0.300. The van der Waals surface area contributed by atoms with Crippen LogP contribution in [0.5, 0.6) is 0 Å². The summed E-state index contributed by atoms with van der Waals surface area (Å²) in [5.41, 5.74) is 0.795. The molecule has 0 aliphatic carbocycles. The van der Waals surface area contributed by atoms with E-state index in [0.29, 0.717) is 6.42 Å². The standard InChI is InChI=1S/C10H10FNO/c11-8-3-5-9(6-4-8)12-7-1-2-10(12)13/h3-6H,1-2,7H2/i11-1. The molecule has 1 aliphatic heterocycles. The zero-order valence-corrected chi connectivity index (χ0v) is 7.16. The summed E-state index contributed by atoms with van der Waals surface area (Å²) in [6, 6.07) is 6.03. The van der Waals surface area contributed by atoms with Crippen LogP contribution in [0.25, 0.3) is 0 Å². The van der Waals surface area contributed by atoms with Crippen LogP contribution in [0.3, 0.4) is 0 Å². The van der Waals surface area contributed by atoms with Gasteiger partial charge in [0.1, 0.15) is 5.82 Å². The lowest BCUT2D eigenvalue weighted by atomic mass is 10.3. The zero-order valence-electron chi connectivity index (χ0n) is 7.16. The van der Waals surface area contributed by atoms with Gasteiger partial charge in [-0.3, -0.25) is 4.79 Å². The Labute approximate surface area is 76.0 Å². The minimum absolute atomic E-state index is 0.131. The molecular weight excluding hydrogens is 168 g/mol. The number of amides is 1. The molecule has 2 rings (SSSR count). The molecule has 1 aromatic carbocycles. The highest BCUT2D eigenvalue weighted by Gasteiger charge is 2.21. The van der Waals surface area contributed by atoms with Crippen molar-refractivity contribution in [1.29, 1.82) is 0 Å². The van der Waals surface area contributed by atoms with E-state index in [4.69, 9.17) is 0 Å². The van der Waals surface area contributed by atoms with Gasteiger partial charge in [0.05, 0.1) is 0 Å². The molecule has 0 aromatic heterocycles. The second-order valence-electron chi connectivity index (χ2n) is 3.13. The van der Waals surface area contributed by atoms with Crippen molar-refractivity contribution in [2.45, 2.75) is 12.8 Å². The number of rotatable bonds is 1.